The van der Waals surface area contributed by atoms with Crippen molar-refractivity contribution < 1.29 is 33.6 Å². The van der Waals surface area contributed by atoms with Gasteiger partial charge in [-0.05, 0) is 109 Å². The molecule has 0 spiro atoms. The summed E-state index contributed by atoms with van der Waals surface area (Å²) in [4.78, 5) is 11.6. The number of phenols is 1. The van der Waals surface area contributed by atoms with Crippen LogP contribution in [0.25, 0.3) is 0 Å². The predicted molar refractivity (Wildman–Crippen MR) is 178 cm³/mol. The summed E-state index contributed by atoms with van der Waals surface area (Å²) < 4.78 is 29.2. The number of aromatic hydroxyl groups is 1. The summed E-state index contributed by atoms with van der Waals surface area (Å²) >= 11 is 0. The van der Waals surface area contributed by atoms with Gasteiger partial charge in [0.1, 0.15) is 17.1 Å². The standard InChI is InChI=1S/C38H50O7/c1-25(13-9-15-29-23-43-37(44-24-29)30-16-17-33(41-6)34(21-30)42-7)11-8-12-26(2)14-10-19-38(5)20-18-31-27(3)35(40)32(22-39)28(4)36(31)45-38/h11,14-17,21-22,37,40H,8-10,12-13,18-20,23-24H2,1-7H3/b25-11+,26-14+,29-15?. The number of carbonyl (C=O) groups excluding carboxylic acids is 1. The first kappa shape index (κ1) is 34.3. The number of ether oxygens (including phenoxy) is 5. The summed E-state index contributed by atoms with van der Waals surface area (Å²) in [6, 6.07) is 5.71. The number of allylic oxidation sites excluding steroid dienone is 5. The average Bonchev–Trinajstić information content (AvgIpc) is 3.04. The van der Waals surface area contributed by atoms with E-state index in [2.05, 4.69) is 39.0 Å². The van der Waals surface area contributed by atoms with Crippen molar-refractivity contribution in [3.05, 3.63) is 81.0 Å². The maximum Gasteiger partial charge on any atom is 0.184 e. The largest absolute Gasteiger partial charge is 0.507 e. The fourth-order valence-corrected chi connectivity index (χ4v) is 6.13. The minimum absolute atomic E-state index is 0.0861. The van der Waals surface area contributed by atoms with Crippen molar-refractivity contribution in [3.63, 3.8) is 0 Å². The molecule has 45 heavy (non-hydrogen) atoms. The van der Waals surface area contributed by atoms with Crippen molar-refractivity contribution in [2.75, 3.05) is 27.4 Å². The minimum Gasteiger partial charge on any atom is -0.507 e. The van der Waals surface area contributed by atoms with Crippen LogP contribution in [0.4, 0.5) is 0 Å². The Morgan fingerprint density at radius 2 is 1.64 bits per heavy atom. The summed E-state index contributed by atoms with van der Waals surface area (Å²) in [5.74, 6) is 2.21. The van der Waals surface area contributed by atoms with E-state index in [-0.39, 0.29) is 11.4 Å². The molecule has 2 aliphatic rings. The molecule has 0 saturated carbocycles. The summed E-state index contributed by atoms with van der Waals surface area (Å²) in [5.41, 5.74) is 7.44. The van der Waals surface area contributed by atoms with Gasteiger partial charge in [-0.15, -0.1) is 0 Å². The van der Waals surface area contributed by atoms with Gasteiger partial charge in [-0.3, -0.25) is 4.79 Å². The molecule has 1 saturated heterocycles. The molecule has 1 unspecified atom stereocenters. The van der Waals surface area contributed by atoms with Crippen LogP contribution in [0.5, 0.6) is 23.0 Å². The minimum atomic E-state index is -0.407. The zero-order valence-electron chi connectivity index (χ0n) is 28.1. The molecule has 7 nitrogen and oxygen atoms in total. The Kier molecular flexibility index (Phi) is 11.9. The van der Waals surface area contributed by atoms with Gasteiger partial charge >= 0.3 is 0 Å². The monoisotopic (exact) mass is 618 g/mol. The second kappa shape index (κ2) is 15.6. The first-order valence-corrected chi connectivity index (χ1v) is 16.0. The summed E-state index contributed by atoms with van der Waals surface area (Å²) in [6.45, 7) is 11.4. The Bertz CT molecular complexity index is 1440. The van der Waals surface area contributed by atoms with E-state index in [0.29, 0.717) is 30.3 Å². The van der Waals surface area contributed by atoms with Crippen molar-refractivity contribution >= 4 is 6.29 Å². The van der Waals surface area contributed by atoms with Crippen LogP contribution in [0.15, 0.2) is 53.1 Å². The van der Waals surface area contributed by atoms with Crippen molar-refractivity contribution in [1.82, 2.24) is 0 Å². The summed E-state index contributed by atoms with van der Waals surface area (Å²) in [5, 5.41) is 10.4. The maximum atomic E-state index is 11.6. The Morgan fingerprint density at radius 1 is 0.978 bits per heavy atom. The lowest BCUT2D eigenvalue weighted by Crippen LogP contribution is -2.37. The van der Waals surface area contributed by atoms with Crippen LogP contribution in [0.2, 0.25) is 0 Å². The van der Waals surface area contributed by atoms with Crippen LogP contribution in [-0.4, -0.2) is 44.4 Å². The van der Waals surface area contributed by atoms with E-state index in [1.165, 1.54) is 16.7 Å². The molecule has 0 radical (unpaired) electrons. The summed E-state index contributed by atoms with van der Waals surface area (Å²) in [6.07, 6.45) is 14.9. The SMILES string of the molecule is COc1ccc(C2OCC(=CCC/C(C)=C/CC/C(C)=C/CCC3(C)CCc4c(C)c(O)c(C=O)c(C)c4O3)CO2)cc1OC. The molecular formula is C38H50O7. The number of methoxy groups -OCH3 is 2. The van der Waals surface area contributed by atoms with Crippen LogP contribution >= 0.6 is 0 Å². The van der Waals surface area contributed by atoms with Crippen LogP contribution < -0.4 is 14.2 Å². The van der Waals surface area contributed by atoms with Crippen molar-refractivity contribution in [3.8, 4) is 23.0 Å². The Morgan fingerprint density at radius 3 is 2.31 bits per heavy atom. The van der Waals surface area contributed by atoms with Crippen LogP contribution in [0, 0.1) is 13.8 Å². The van der Waals surface area contributed by atoms with E-state index in [9.17, 15) is 9.90 Å². The van der Waals surface area contributed by atoms with Crippen molar-refractivity contribution in [2.45, 2.75) is 97.9 Å². The number of aldehydes is 1. The molecule has 0 aromatic heterocycles. The van der Waals surface area contributed by atoms with Crippen LogP contribution in [-0.2, 0) is 15.9 Å². The van der Waals surface area contributed by atoms with Gasteiger partial charge in [0.15, 0.2) is 24.1 Å². The van der Waals surface area contributed by atoms with Crippen molar-refractivity contribution in [1.29, 1.82) is 0 Å². The number of benzene rings is 2. The highest BCUT2D eigenvalue weighted by atomic mass is 16.7. The maximum absolute atomic E-state index is 11.6. The van der Waals surface area contributed by atoms with Gasteiger partial charge in [0.25, 0.3) is 0 Å². The predicted octanol–water partition coefficient (Wildman–Crippen LogP) is 8.83. The molecule has 2 aromatic carbocycles. The van der Waals surface area contributed by atoms with Gasteiger partial charge in [-0.2, -0.15) is 0 Å². The van der Waals surface area contributed by atoms with E-state index in [0.717, 1.165) is 85.7 Å². The van der Waals surface area contributed by atoms with E-state index in [4.69, 9.17) is 23.7 Å². The van der Waals surface area contributed by atoms with E-state index in [1.807, 2.05) is 32.0 Å². The smallest absolute Gasteiger partial charge is 0.184 e. The Labute approximate surface area is 268 Å². The van der Waals surface area contributed by atoms with Gasteiger partial charge in [0.05, 0.1) is 33.0 Å². The topological polar surface area (TPSA) is 83.5 Å². The van der Waals surface area contributed by atoms with Crippen LogP contribution in [0.1, 0.15) is 105 Å². The Balaban J connectivity index is 1.18. The van der Waals surface area contributed by atoms with Gasteiger partial charge in [-0.1, -0.05) is 35.4 Å². The molecule has 4 rings (SSSR count). The van der Waals surface area contributed by atoms with E-state index in [1.54, 1.807) is 14.2 Å². The molecule has 2 aromatic rings. The fourth-order valence-electron chi connectivity index (χ4n) is 6.13. The number of phenolic OH excluding ortho intramolecular Hbond substituents is 1. The average molecular weight is 619 g/mol. The van der Waals surface area contributed by atoms with E-state index >= 15 is 0 Å². The molecule has 0 aliphatic carbocycles. The first-order chi connectivity index (χ1) is 21.6. The highest BCUT2D eigenvalue weighted by Crippen LogP contribution is 2.44. The normalized spacial score (nSPS) is 20.3. The molecular weight excluding hydrogens is 568 g/mol. The molecule has 7 heteroatoms. The van der Waals surface area contributed by atoms with E-state index < -0.39 is 6.29 Å². The van der Waals surface area contributed by atoms with Gasteiger partial charge in [-0.25, -0.2) is 0 Å². The van der Waals surface area contributed by atoms with Crippen LogP contribution in [0.3, 0.4) is 0 Å². The zero-order valence-corrected chi connectivity index (χ0v) is 28.1. The molecule has 1 atom stereocenters. The highest BCUT2D eigenvalue weighted by molar-refractivity contribution is 5.84. The third-order valence-corrected chi connectivity index (χ3v) is 9.14. The number of fused-ring (bicyclic) bond motifs is 1. The second-order valence-corrected chi connectivity index (χ2v) is 12.6. The number of carbonyl (C=O) groups is 1. The third-order valence-electron chi connectivity index (χ3n) is 9.14. The van der Waals surface area contributed by atoms with Crippen molar-refractivity contribution in [2.24, 2.45) is 0 Å². The number of rotatable bonds is 13. The summed E-state index contributed by atoms with van der Waals surface area (Å²) in [7, 11) is 3.24. The molecule has 2 heterocycles. The number of hydrogen-bond donors (Lipinski definition) is 1. The molecule has 1 N–H and O–H groups in total. The lowest BCUT2D eigenvalue weighted by molar-refractivity contribution is -0.161. The number of hydrogen-bond acceptors (Lipinski definition) is 7. The quantitative estimate of drug-likeness (QED) is 0.177. The highest BCUT2D eigenvalue weighted by Gasteiger charge is 2.34. The lowest BCUT2D eigenvalue weighted by atomic mass is 9.85. The first-order valence-electron chi connectivity index (χ1n) is 16.0. The molecule has 244 valence electrons. The fraction of sp³-hybridized carbons (Fsp3) is 0.500. The van der Waals surface area contributed by atoms with Gasteiger partial charge in [0.2, 0.25) is 0 Å². The molecule has 2 aliphatic heterocycles. The van der Waals surface area contributed by atoms with Gasteiger partial charge in [0, 0.05) is 16.7 Å². The molecule has 1 fully saturated rings. The third kappa shape index (κ3) is 8.59. The Hall–Kier alpha value is -3.55. The zero-order chi connectivity index (χ0) is 32.6. The van der Waals surface area contributed by atoms with Gasteiger partial charge < -0.3 is 28.8 Å². The second-order valence-electron chi connectivity index (χ2n) is 12.6. The lowest BCUT2D eigenvalue weighted by Gasteiger charge is -2.37. The molecule has 0 amide bonds. The molecule has 0 bridgehead atoms.